The summed E-state index contributed by atoms with van der Waals surface area (Å²) in [5, 5.41) is 6.20. The number of primary amides is 1. The third kappa shape index (κ3) is 6.53. The normalized spacial score (nSPS) is 11.4. The summed E-state index contributed by atoms with van der Waals surface area (Å²) in [6.07, 6.45) is 0. The molecular formula is C20H24F2N4O2. The van der Waals surface area contributed by atoms with E-state index in [2.05, 4.69) is 20.4 Å². The summed E-state index contributed by atoms with van der Waals surface area (Å²) >= 11 is 0. The fourth-order valence-corrected chi connectivity index (χ4v) is 2.57. The Labute approximate surface area is 162 Å². The van der Waals surface area contributed by atoms with Crippen LogP contribution in [0.5, 0.6) is 5.75 Å². The molecule has 150 valence electrons. The number of aliphatic imine (C=N–C) groups is 1. The molecule has 2 aromatic carbocycles. The number of carbonyl (C=O) groups is 1. The average Bonchev–Trinajstić information content (AvgIpc) is 2.65. The zero-order valence-corrected chi connectivity index (χ0v) is 15.8. The van der Waals surface area contributed by atoms with Crippen LogP contribution in [0.25, 0.3) is 0 Å². The van der Waals surface area contributed by atoms with Crippen molar-refractivity contribution >= 4 is 11.9 Å². The molecule has 0 unspecified atom stereocenters. The number of ether oxygens (including phenoxy) is 1. The van der Waals surface area contributed by atoms with Gasteiger partial charge in [-0.25, -0.2) is 4.99 Å². The maximum absolute atomic E-state index is 12.6. The molecule has 0 radical (unpaired) electrons. The van der Waals surface area contributed by atoms with Gasteiger partial charge in [-0.15, -0.1) is 0 Å². The van der Waals surface area contributed by atoms with Crippen LogP contribution in [0.4, 0.5) is 8.78 Å². The van der Waals surface area contributed by atoms with Gasteiger partial charge in [0.15, 0.2) is 5.96 Å². The molecule has 0 aliphatic heterocycles. The molecule has 2 aromatic rings. The van der Waals surface area contributed by atoms with Crippen molar-refractivity contribution in [3.63, 3.8) is 0 Å². The standard InChI is InChI=1S/C20H24F2N4O2/c1-3-24-20(25-11-14-5-4-6-15(10-14)18(23)27)26-12-16-9-13(2)7-8-17(16)28-19(21)22/h4-10,19H,3,11-12H2,1-2H3,(H2,23,27)(H2,24,25,26). The molecule has 1 amide bonds. The molecule has 0 heterocycles. The van der Waals surface area contributed by atoms with Crippen LogP contribution in [0.2, 0.25) is 0 Å². The van der Waals surface area contributed by atoms with E-state index in [1.165, 1.54) is 6.07 Å². The first-order chi connectivity index (χ1) is 13.4. The van der Waals surface area contributed by atoms with Crippen molar-refractivity contribution in [1.29, 1.82) is 0 Å². The molecule has 6 nitrogen and oxygen atoms in total. The van der Waals surface area contributed by atoms with E-state index in [1.54, 1.807) is 30.3 Å². The quantitative estimate of drug-likeness (QED) is 0.478. The van der Waals surface area contributed by atoms with Gasteiger partial charge in [0.1, 0.15) is 5.75 Å². The highest BCUT2D eigenvalue weighted by Gasteiger charge is 2.10. The zero-order chi connectivity index (χ0) is 20.5. The van der Waals surface area contributed by atoms with Crippen LogP contribution in [0.15, 0.2) is 47.5 Å². The number of nitrogens with zero attached hydrogens (tertiary/aromatic N) is 1. The highest BCUT2D eigenvalue weighted by Crippen LogP contribution is 2.22. The third-order valence-corrected chi connectivity index (χ3v) is 3.85. The molecule has 0 saturated heterocycles. The van der Waals surface area contributed by atoms with Gasteiger partial charge >= 0.3 is 6.61 Å². The first-order valence-electron chi connectivity index (χ1n) is 8.84. The second-order valence-electron chi connectivity index (χ2n) is 6.10. The topological polar surface area (TPSA) is 88.7 Å². The van der Waals surface area contributed by atoms with Gasteiger partial charge in [-0.05, 0) is 37.6 Å². The fourth-order valence-electron chi connectivity index (χ4n) is 2.57. The Balaban J connectivity index is 2.11. The van der Waals surface area contributed by atoms with E-state index in [1.807, 2.05) is 19.9 Å². The first kappa shape index (κ1) is 21.1. The smallest absolute Gasteiger partial charge is 0.387 e. The van der Waals surface area contributed by atoms with Crippen molar-refractivity contribution in [3.8, 4) is 5.75 Å². The number of guanidine groups is 1. The van der Waals surface area contributed by atoms with Gasteiger partial charge in [0, 0.05) is 24.2 Å². The van der Waals surface area contributed by atoms with E-state index in [4.69, 9.17) is 5.73 Å². The maximum atomic E-state index is 12.6. The summed E-state index contributed by atoms with van der Waals surface area (Å²) in [7, 11) is 0. The number of halogens is 2. The van der Waals surface area contributed by atoms with E-state index in [9.17, 15) is 13.6 Å². The van der Waals surface area contributed by atoms with Crippen LogP contribution < -0.4 is 21.1 Å². The van der Waals surface area contributed by atoms with Crippen molar-refractivity contribution < 1.29 is 18.3 Å². The minimum atomic E-state index is -2.89. The summed E-state index contributed by atoms with van der Waals surface area (Å²) < 4.78 is 29.8. The van der Waals surface area contributed by atoms with E-state index in [0.717, 1.165) is 11.1 Å². The molecule has 8 heteroatoms. The molecule has 0 fully saturated rings. The molecule has 4 N–H and O–H groups in total. The minimum absolute atomic E-state index is 0.123. The monoisotopic (exact) mass is 390 g/mol. The van der Waals surface area contributed by atoms with Gasteiger partial charge in [-0.3, -0.25) is 4.79 Å². The minimum Gasteiger partial charge on any atom is -0.434 e. The molecule has 0 bridgehead atoms. The van der Waals surface area contributed by atoms with Crippen LogP contribution in [-0.2, 0) is 13.1 Å². The summed E-state index contributed by atoms with van der Waals surface area (Å²) in [6, 6.07) is 11.9. The SMILES string of the molecule is CCNC(=NCc1cccc(C(N)=O)c1)NCc1cc(C)ccc1OC(F)F. The molecule has 28 heavy (non-hydrogen) atoms. The van der Waals surface area contributed by atoms with Crippen molar-refractivity contribution in [2.24, 2.45) is 10.7 Å². The Morgan fingerprint density at radius 1 is 1.21 bits per heavy atom. The predicted molar refractivity (Wildman–Crippen MR) is 104 cm³/mol. The number of hydrogen-bond acceptors (Lipinski definition) is 3. The molecular weight excluding hydrogens is 366 g/mol. The van der Waals surface area contributed by atoms with Crippen LogP contribution >= 0.6 is 0 Å². The van der Waals surface area contributed by atoms with Crippen molar-refractivity contribution in [2.45, 2.75) is 33.5 Å². The van der Waals surface area contributed by atoms with Gasteiger partial charge in [0.2, 0.25) is 5.91 Å². The Bertz CT molecular complexity index is 841. The van der Waals surface area contributed by atoms with E-state index < -0.39 is 12.5 Å². The van der Waals surface area contributed by atoms with Crippen molar-refractivity contribution in [1.82, 2.24) is 10.6 Å². The first-order valence-corrected chi connectivity index (χ1v) is 8.84. The van der Waals surface area contributed by atoms with Crippen molar-refractivity contribution in [3.05, 3.63) is 64.7 Å². The molecule has 0 saturated carbocycles. The Kier molecular flexibility index (Phi) is 7.74. The lowest BCUT2D eigenvalue weighted by Gasteiger charge is -2.15. The molecule has 0 atom stereocenters. The van der Waals surface area contributed by atoms with Gasteiger partial charge in [0.25, 0.3) is 0 Å². The lowest BCUT2D eigenvalue weighted by atomic mass is 10.1. The molecule has 0 aromatic heterocycles. The number of alkyl halides is 2. The second kappa shape index (κ2) is 10.2. The summed E-state index contributed by atoms with van der Waals surface area (Å²) in [5.74, 6) is 0.136. The Morgan fingerprint density at radius 2 is 2.00 bits per heavy atom. The second-order valence-corrected chi connectivity index (χ2v) is 6.10. The number of benzene rings is 2. The number of aryl methyl sites for hydroxylation is 1. The highest BCUT2D eigenvalue weighted by atomic mass is 19.3. The number of rotatable bonds is 8. The Morgan fingerprint density at radius 3 is 2.68 bits per heavy atom. The van der Waals surface area contributed by atoms with Gasteiger partial charge < -0.3 is 21.1 Å². The summed E-state index contributed by atoms with van der Waals surface area (Å²) in [4.78, 5) is 15.8. The molecule has 2 rings (SSSR count). The van der Waals surface area contributed by atoms with Gasteiger partial charge in [0.05, 0.1) is 6.54 Å². The van der Waals surface area contributed by atoms with Gasteiger partial charge in [-0.1, -0.05) is 29.8 Å². The fraction of sp³-hybridized carbons (Fsp3) is 0.300. The molecule has 0 spiro atoms. The lowest BCUT2D eigenvalue weighted by Crippen LogP contribution is -2.37. The predicted octanol–water partition coefficient (Wildman–Crippen LogP) is 2.95. The van der Waals surface area contributed by atoms with Gasteiger partial charge in [-0.2, -0.15) is 8.78 Å². The van der Waals surface area contributed by atoms with Crippen LogP contribution in [0, 0.1) is 6.92 Å². The number of amides is 1. The zero-order valence-electron chi connectivity index (χ0n) is 15.8. The van der Waals surface area contributed by atoms with Crippen molar-refractivity contribution in [2.75, 3.05) is 6.54 Å². The third-order valence-electron chi connectivity index (χ3n) is 3.85. The van der Waals surface area contributed by atoms with E-state index >= 15 is 0 Å². The maximum Gasteiger partial charge on any atom is 0.387 e. The highest BCUT2D eigenvalue weighted by molar-refractivity contribution is 5.92. The van der Waals surface area contributed by atoms with E-state index in [-0.39, 0.29) is 12.3 Å². The number of hydrogen-bond donors (Lipinski definition) is 3. The van der Waals surface area contributed by atoms with Crippen LogP contribution in [-0.4, -0.2) is 25.0 Å². The van der Waals surface area contributed by atoms with Crippen LogP contribution in [0.1, 0.15) is 34.0 Å². The molecule has 0 aliphatic carbocycles. The van der Waals surface area contributed by atoms with E-state index in [0.29, 0.717) is 30.2 Å². The number of carbonyl (C=O) groups excluding carboxylic acids is 1. The largest absolute Gasteiger partial charge is 0.434 e. The average molecular weight is 390 g/mol. The summed E-state index contributed by atoms with van der Waals surface area (Å²) in [5.41, 5.74) is 8.07. The molecule has 0 aliphatic rings. The number of nitrogens with one attached hydrogen (secondary N) is 2. The lowest BCUT2D eigenvalue weighted by molar-refractivity contribution is -0.0504. The number of nitrogens with two attached hydrogens (primary N) is 1. The van der Waals surface area contributed by atoms with Crippen LogP contribution in [0.3, 0.4) is 0 Å². The summed E-state index contributed by atoms with van der Waals surface area (Å²) in [6.45, 7) is 2.12. The Hall–Kier alpha value is -3.16.